The molecule has 1 N–H and O–H groups in total. The number of aromatic nitrogens is 1. The van der Waals surface area contributed by atoms with E-state index < -0.39 is 0 Å². The molecule has 3 heteroatoms. The molecule has 2 rings (SSSR count). The van der Waals surface area contributed by atoms with Gasteiger partial charge in [-0.05, 0) is 12.1 Å². The fourth-order valence-corrected chi connectivity index (χ4v) is 1.09. The van der Waals surface area contributed by atoms with Crippen LogP contribution in [0.15, 0.2) is 36.5 Å². The Bertz CT molecular complexity index is 384. The zero-order valence-corrected chi connectivity index (χ0v) is 7.16. The number of hydrogen-bond acceptors (Lipinski definition) is 2. The number of phenols is 1. The van der Waals surface area contributed by atoms with Crippen molar-refractivity contribution in [3.05, 3.63) is 36.5 Å². The van der Waals surface area contributed by atoms with E-state index in [1.54, 1.807) is 18.3 Å². The molecule has 0 saturated heterocycles. The molecule has 0 saturated carbocycles. The number of fused-ring (bicyclic) bond motifs is 1. The van der Waals surface area contributed by atoms with Crippen LogP contribution < -0.4 is 0 Å². The van der Waals surface area contributed by atoms with Crippen LogP contribution in [0.1, 0.15) is 0 Å². The summed E-state index contributed by atoms with van der Waals surface area (Å²) >= 11 is 0. The van der Waals surface area contributed by atoms with E-state index in [1.807, 2.05) is 18.2 Å². The molecule has 0 radical (unpaired) electrons. The summed E-state index contributed by atoms with van der Waals surface area (Å²) in [6.07, 6.45) is 1.67. The van der Waals surface area contributed by atoms with E-state index >= 15 is 0 Å². The molecule has 1 aromatic heterocycles. The summed E-state index contributed by atoms with van der Waals surface area (Å²) in [5.74, 6) is 0.239. The van der Waals surface area contributed by atoms with Crippen molar-refractivity contribution in [2.75, 3.05) is 0 Å². The Balaban J connectivity index is 0.000000720. The van der Waals surface area contributed by atoms with Crippen LogP contribution >= 0.6 is 0 Å². The number of aromatic hydroxyl groups is 1. The fourth-order valence-electron chi connectivity index (χ4n) is 1.09. The van der Waals surface area contributed by atoms with Gasteiger partial charge in [-0.15, -0.1) is 0 Å². The fraction of sp³-hybridized carbons (Fsp3) is 0. The molecule has 1 aromatic carbocycles. The Hall–Kier alpha value is -1.08. The van der Waals surface area contributed by atoms with Crippen molar-refractivity contribution in [1.29, 1.82) is 0 Å². The normalized spacial score (nSPS) is 9.33. The van der Waals surface area contributed by atoms with E-state index in [9.17, 15) is 5.11 Å². The van der Waals surface area contributed by atoms with Gasteiger partial charge in [0, 0.05) is 28.1 Å². The number of para-hydroxylation sites is 1. The van der Waals surface area contributed by atoms with Crippen molar-refractivity contribution in [2.45, 2.75) is 0 Å². The minimum Gasteiger partial charge on any atom is -0.506 e. The summed E-state index contributed by atoms with van der Waals surface area (Å²) in [5, 5.41) is 10.3. The van der Waals surface area contributed by atoms with E-state index in [4.69, 9.17) is 0 Å². The van der Waals surface area contributed by atoms with Crippen molar-refractivity contribution >= 4 is 10.9 Å². The van der Waals surface area contributed by atoms with Crippen LogP contribution in [0.25, 0.3) is 10.9 Å². The topological polar surface area (TPSA) is 33.1 Å². The first-order valence-corrected chi connectivity index (χ1v) is 3.40. The maximum atomic E-state index is 9.31. The third-order valence-corrected chi connectivity index (χ3v) is 1.61. The van der Waals surface area contributed by atoms with Crippen molar-refractivity contribution in [3.63, 3.8) is 0 Å². The van der Waals surface area contributed by atoms with Gasteiger partial charge in [0.25, 0.3) is 0 Å². The van der Waals surface area contributed by atoms with Gasteiger partial charge in [0.2, 0.25) is 0 Å². The molecule has 0 unspecified atom stereocenters. The molecule has 0 aliphatic rings. The van der Waals surface area contributed by atoms with Gasteiger partial charge in [0.1, 0.15) is 11.3 Å². The maximum Gasteiger partial charge on any atom is 0.141 e. The second-order valence-electron chi connectivity index (χ2n) is 2.35. The zero-order valence-electron chi connectivity index (χ0n) is 6.17. The summed E-state index contributed by atoms with van der Waals surface area (Å²) in [7, 11) is 0. The molecule has 0 fully saturated rings. The van der Waals surface area contributed by atoms with Gasteiger partial charge in [0.15, 0.2) is 0 Å². The molecule has 0 aliphatic heterocycles. The van der Waals surface area contributed by atoms with Gasteiger partial charge in [-0.2, -0.15) is 0 Å². The van der Waals surface area contributed by atoms with E-state index in [0.29, 0.717) is 5.52 Å². The second-order valence-corrected chi connectivity index (χ2v) is 2.35. The standard InChI is InChI=1S/C9H7NO.Ni/c11-8-5-1-3-7-4-2-6-10-9(7)8;/h1-6,11H;. The number of hydrogen-bond donors (Lipinski definition) is 1. The van der Waals surface area contributed by atoms with E-state index in [1.165, 1.54) is 0 Å². The zero-order chi connectivity index (χ0) is 7.68. The van der Waals surface area contributed by atoms with Crippen molar-refractivity contribution in [3.8, 4) is 5.75 Å². The third kappa shape index (κ3) is 1.41. The van der Waals surface area contributed by atoms with E-state index in [0.717, 1.165) is 5.39 Å². The minimum atomic E-state index is 0. The Labute approximate surface area is 80.2 Å². The monoisotopic (exact) mass is 203 g/mol. The van der Waals surface area contributed by atoms with Gasteiger partial charge < -0.3 is 5.11 Å². The van der Waals surface area contributed by atoms with Crippen LogP contribution in [0.2, 0.25) is 0 Å². The summed E-state index contributed by atoms with van der Waals surface area (Å²) in [6, 6.07) is 9.13. The van der Waals surface area contributed by atoms with Crippen LogP contribution in [0, 0.1) is 0 Å². The molecule has 0 bridgehead atoms. The van der Waals surface area contributed by atoms with Crippen LogP contribution in [0.5, 0.6) is 5.75 Å². The Morgan fingerprint density at radius 1 is 1.08 bits per heavy atom. The number of nitrogens with zero attached hydrogens (tertiary/aromatic N) is 1. The number of pyridine rings is 1. The number of phenolic OH excluding ortho intramolecular Hbond substituents is 1. The maximum absolute atomic E-state index is 9.31. The summed E-state index contributed by atoms with van der Waals surface area (Å²) in [6.45, 7) is 0. The minimum absolute atomic E-state index is 0. The molecule has 64 valence electrons. The summed E-state index contributed by atoms with van der Waals surface area (Å²) in [4.78, 5) is 4.03. The van der Waals surface area contributed by atoms with Crippen molar-refractivity contribution in [2.24, 2.45) is 0 Å². The first-order valence-electron chi connectivity index (χ1n) is 3.40. The molecule has 0 amide bonds. The average molecular weight is 204 g/mol. The second kappa shape index (κ2) is 3.55. The third-order valence-electron chi connectivity index (χ3n) is 1.61. The van der Waals surface area contributed by atoms with E-state index in [-0.39, 0.29) is 22.2 Å². The Morgan fingerprint density at radius 2 is 1.83 bits per heavy atom. The quantitative estimate of drug-likeness (QED) is 0.665. The smallest absolute Gasteiger partial charge is 0.141 e. The van der Waals surface area contributed by atoms with Crippen LogP contribution in [-0.4, -0.2) is 10.1 Å². The van der Waals surface area contributed by atoms with Gasteiger partial charge in [-0.1, -0.05) is 18.2 Å². The number of benzene rings is 1. The van der Waals surface area contributed by atoms with Gasteiger partial charge in [-0.25, -0.2) is 0 Å². The Morgan fingerprint density at radius 3 is 2.58 bits per heavy atom. The van der Waals surface area contributed by atoms with Gasteiger partial charge in [-0.3, -0.25) is 4.98 Å². The van der Waals surface area contributed by atoms with Gasteiger partial charge in [0.05, 0.1) is 0 Å². The molecule has 2 aromatic rings. The van der Waals surface area contributed by atoms with Crippen LogP contribution in [0.3, 0.4) is 0 Å². The van der Waals surface area contributed by atoms with E-state index in [2.05, 4.69) is 4.98 Å². The van der Waals surface area contributed by atoms with Crippen molar-refractivity contribution < 1.29 is 21.6 Å². The largest absolute Gasteiger partial charge is 0.506 e. The first kappa shape index (κ1) is 9.02. The SMILES string of the molecule is Oc1cccc2cccnc12.[Ni]. The van der Waals surface area contributed by atoms with Gasteiger partial charge >= 0.3 is 0 Å². The molecule has 0 atom stereocenters. The number of rotatable bonds is 0. The summed E-state index contributed by atoms with van der Waals surface area (Å²) in [5.41, 5.74) is 0.662. The van der Waals surface area contributed by atoms with Crippen LogP contribution in [0.4, 0.5) is 0 Å². The van der Waals surface area contributed by atoms with Crippen LogP contribution in [-0.2, 0) is 16.5 Å². The first-order chi connectivity index (χ1) is 5.38. The Kier molecular flexibility index (Phi) is 2.67. The molecule has 12 heavy (non-hydrogen) atoms. The molecule has 1 heterocycles. The molecule has 0 spiro atoms. The molecular formula is C9H7NNiO. The van der Waals surface area contributed by atoms with Crippen molar-refractivity contribution in [1.82, 2.24) is 4.98 Å². The average Bonchev–Trinajstić information content (AvgIpc) is 2.06. The summed E-state index contributed by atoms with van der Waals surface area (Å²) < 4.78 is 0. The molecule has 2 nitrogen and oxygen atoms in total. The molecular weight excluding hydrogens is 197 g/mol. The predicted molar refractivity (Wildman–Crippen MR) is 43.4 cm³/mol. The molecule has 0 aliphatic carbocycles. The predicted octanol–water partition coefficient (Wildman–Crippen LogP) is 1.94.